The van der Waals surface area contributed by atoms with Crippen LogP contribution in [0, 0.1) is 5.82 Å². The number of ether oxygens (including phenoxy) is 1. The Morgan fingerprint density at radius 1 is 0.976 bits per heavy atom. The Labute approximate surface area is 241 Å². The fourth-order valence-corrected chi connectivity index (χ4v) is 5.61. The van der Waals surface area contributed by atoms with Crippen LogP contribution in [0.5, 0.6) is 0 Å². The molecule has 4 N–H and O–H groups in total. The number of H-pyrrole nitrogens is 1. The SMILES string of the molecule is C[C@](N)(c1ccc(F)cc1)c1cnc(N2CCN(c3ncnc4[nH]c(-c5cnn(C6COC[C@@H]6O)c5)cc34)CC2)nc1. The number of halogens is 1. The lowest BCUT2D eigenvalue weighted by molar-refractivity contribution is 0.118. The molecule has 0 amide bonds. The zero-order valence-electron chi connectivity index (χ0n) is 23.1. The number of hydrogen-bond donors (Lipinski definition) is 3. The van der Waals surface area contributed by atoms with Gasteiger partial charge in [0, 0.05) is 55.9 Å². The Hall–Kier alpha value is -4.46. The summed E-state index contributed by atoms with van der Waals surface area (Å²) in [6.07, 6.45) is 8.19. The van der Waals surface area contributed by atoms with E-state index in [1.165, 1.54) is 12.1 Å². The second-order valence-corrected chi connectivity index (χ2v) is 11.0. The van der Waals surface area contributed by atoms with Crippen molar-refractivity contribution in [3.05, 3.63) is 78.4 Å². The van der Waals surface area contributed by atoms with Gasteiger partial charge in [0.05, 0.1) is 36.0 Å². The van der Waals surface area contributed by atoms with Crippen molar-refractivity contribution < 1.29 is 14.2 Å². The Kier molecular flexibility index (Phi) is 6.56. The third-order valence-electron chi connectivity index (χ3n) is 8.22. The highest BCUT2D eigenvalue weighted by Crippen LogP contribution is 2.31. The van der Waals surface area contributed by atoms with Gasteiger partial charge < -0.3 is 30.4 Å². The molecule has 216 valence electrons. The van der Waals surface area contributed by atoms with Gasteiger partial charge in [-0.25, -0.2) is 24.3 Å². The molecule has 12 nitrogen and oxygen atoms in total. The fourth-order valence-electron chi connectivity index (χ4n) is 5.61. The van der Waals surface area contributed by atoms with Crippen molar-refractivity contribution in [1.82, 2.24) is 34.7 Å². The number of aliphatic hydroxyl groups excluding tert-OH is 1. The van der Waals surface area contributed by atoms with Crippen LogP contribution < -0.4 is 15.5 Å². The third kappa shape index (κ3) is 4.74. The van der Waals surface area contributed by atoms with Crippen molar-refractivity contribution in [3.8, 4) is 11.3 Å². The Balaban J connectivity index is 1.05. The Morgan fingerprint density at radius 2 is 1.71 bits per heavy atom. The number of fused-ring (bicyclic) bond motifs is 1. The minimum atomic E-state index is -0.844. The minimum absolute atomic E-state index is 0.190. The zero-order valence-corrected chi connectivity index (χ0v) is 23.1. The fraction of sp³-hybridized carbons (Fsp3) is 0.345. The smallest absolute Gasteiger partial charge is 0.225 e. The number of anilines is 2. The van der Waals surface area contributed by atoms with Crippen LogP contribution >= 0.6 is 0 Å². The molecule has 2 saturated heterocycles. The average molecular weight is 571 g/mol. The first-order chi connectivity index (χ1) is 20.4. The summed E-state index contributed by atoms with van der Waals surface area (Å²) in [6.45, 7) is 5.54. The molecule has 1 aromatic carbocycles. The van der Waals surface area contributed by atoms with E-state index in [1.54, 1.807) is 41.7 Å². The van der Waals surface area contributed by atoms with Crippen LogP contribution in [0.2, 0.25) is 0 Å². The van der Waals surface area contributed by atoms with E-state index >= 15 is 0 Å². The summed E-state index contributed by atoms with van der Waals surface area (Å²) in [4.78, 5) is 26.1. The Bertz CT molecular complexity index is 1690. The minimum Gasteiger partial charge on any atom is -0.388 e. The van der Waals surface area contributed by atoms with Crippen LogP contribution in [0.4, 0.5) is 16.2 Å². The number of nitrogens with two attached hydrogens (primary N) is 1. The van der Waals surface area contributed by atoms with Crippen LogP contribution in [-0.2, 0) is 10.3 Å². The second-order valence-electron chi connectivity index (χ2n) is 11.0. The van der Waals surface area contributed by atoms with Crippen LogP contribution in [0.1, 0.15) is 24.1 Å². The molecule has 13 heteroatoms. The predicted octanol–water partition coefficient (Wildman–Crippen LogP) is 2.23. The lowest BCUT2D eigenvalue weighted by atomic mass is 9.87. The zero-order chi connectivity index (χ0) is 28.8. The number of hydrogen-bond acceptors (Lipinski definition) is 10. The maximum atomic E-state index is 13.4. The number of rotatable bonds is 6. The van der Waals surface area contributed by atoms with Crippen LogP contribution in [0.15, 0.2) is 61.4 Å². The van der Waals surface area contributed by atoms with Crippen molar-refractivity contribution >= 4 is 22.8 Å². The predicted molar refractivity (Wildman–Crippen MR) is 154 cm³/mol. The van der Waals surface area contributed by atoms with E-state index in [2.05, 4.69) is 39.8 Å². The standard InChI is InChI=1S/C29H31FN10O2/c1-29(31,19-2-4-21(30)5-3-19)20-12-32-28(33-13-20)39-8-6-38(7-9-39)27-22-10-23(37-26(22)34-17-35-27)18-11-36-40(14-18)24-15-42-16-25(24)41/h2-5,10-14,17,24-25,41H,6-9,15-16,31H2,1H3,(H,34,35,37)/t24?,25-,29-/m0/s1. The lowest BCUT2D eigenvalue weighted by Gasteiger charge is -2.35. The number of nitrogens with zero attached hydrogens (tertiary/aromatic N) is 8. The van der Waals surface area contributed by atoms with E-state index in [0.29, 0.717) is 19.2 Å². The molecular formula is C29H31FN10O2. The topological polar surface area (TPSA) is 147 Å². The monoisotopic (exact) mass is 570 g/mol. The summed E-state index contributed by atoms with van der Waals surface area (Å²) in [7, 11) is 0. The summed E-state index contributed by atoms with van der Waals surface area (Å²) in [5.74, 6) is 1.20. The third-order valence-corrected chi connectivity index (χ3v) is 8.22. The van der Waals surface area contributed by atoms with E-state index in [0.717, 1.165) is 65.4 Å². The number of aromatic nitrogens is 7. The molecule has 0 bridgehead atoms. The number of aliphatic hydroxyl groups is 1. The number of aromatic amines is 1. The van der Waals surface area contributed by atoms with Crippen molar-refractivity contribution in [3.63, 3.8) is 0 Å². The van der Waals surface area contributed by atoms with Gasteiger partial charge >= 0.3 is 0 Å². The Morgan fingerprint density at radius 3 is 2.43 bits per heavy atom. The molecular weight excluding hydrogens is 539 g/mol. The summed E-state index contributed by atoms with van der Waals surface area (Å²) in [5.41, 5.74) is 9.81. The molecule has 2 aliphatic heterocycles. The summed E-state index contributed by atoms with van der Waals surface area (Å²) in [6, 6.07) is 8.04. The first kappa shape index (κ1) is 26.4. The van der Waals surface area contributed by atoms with Gasteiger partial charge in [-0.2, -0.15) is 5.10 Å². The molecule has 3 atom stereocenters. The molecule has 1 unspecified atom stereocenters. The van der Waals surface area contributed by atoms with Gasteiger partial charge in [-0.05, 0) is 30.7 Å². The maximum Gasteiger partial charge on any atom is 0.225 e. The number of nitrogens with one attached hydrogen (secondary N) is 1. The summed E-state index contributed by atoms with van der Waals surface area (Å²) in [5, 5.41) is 15.5. The van der Waals surface area contributed by atoms with Gasteiger partial charge in [-0.15, -0.1) is 0 Å². The highest BCUT2D eigenvalue weighted by atomic mass is 19.1. The van der Waals surface area contributed by atoms with Crippen molar-refractivity contribution in [2.45, 2.75) is 24.6 Å². The van der Waals surface area contributed by atoms with Gasteiger partial charge in [0.25, 0.3) is 0 Å². The molecule has 0 radical (unpaired) electrons. The van der Waals surface area contributed by atoms with E-state index < -0.39 is 11.6 Å². The lowest BCUT2D eigenvalue weighted by Crippen LogP contribution is -2.47. The van der Waals surface area contributed by atoms with E-state index in [9.17, 15) is 9.50 Å². The molecule has 0 spiro atoms. The molecule has 0 aliphatic carbocycles. The quantitative estimate of drug-likeness (QED) is 0.278. The average Bonchev–Trinajstić information content (AvgIpc) is 3.77. The summed E-state index contributed by atoms with van der Waals surface area (Å²) >= 11 is 0. The first-order valence-electron chi connectivity index (χ1n) is 13.9. The number of piperazine rings is 1. The van der Waals surface area contributed by atoms with Crippen LogP contribution in [0.3, 0.4) is 0 Å². The second kappa shape index (κ2) is 10.4. The van der Waals surface area contributed by atoms with Crippen molar-refractivity contribution in [2.75, 3.05) is 49.2 Å². The molecule has 0 saturated carbocycles. The molecule has 5 aromatic rings. The van der Waals surface area contributed by atoms with Gasteiger partial charge in [0.1, 0.15) is 35.8 Å². The summed E-state index contributed by atoms with van der Waals surface area (Å²) < 4.78 is 20.5. The van der Waals surface area contributed by atoms with Crippen molar-refractivity contribution in [2.24, 2.45) is 5.73 Å². The van der Waals surface area contributed by atoms with E-state index in [1.807, 2.05) is 19.2 Å². The van der Waals surface area contributed by atoms with Crippen LogP contribution in [-0.4, -0.2) is 85.3 Å². The largest absolute Gasteiger partial charge is 0.388 e. The molecule has 6 heterocycles. The van der Waals surface area contributed by atoms with E-state index in [4.69, 9.17) is 10.5 Å². The molecule has 2 aliphatic rings. The molecule has 4 aromatic heterocycles. The first-order valence-corrected chi connectivity index (χ1v) is 13.9. The van der Waals surface area contributed by atoms with E-state index in [-0.39, 0.29) is 11.9 Å². The van der Waals surface area contributed by atoms with Crippen LogP contribution in [0.25, 0.3) is 22.3 Å². The van der Waals surface area contributed by atoms with Gasteiger partial charge in [0.2, 0.25) is 5.95 Å². The molecule has 2 fully saturated rings. The normalized spacial score (nSPS) is 20.8. The van der Waals surface area contributed by atoms with Gasteiger partial charge in [0.15, 0.2) is 0 Å². The maximum absolute atomic E-state index is 13.4. The molecule has 7 rings (SSSR count). The van der Waals surface area contributed by atoms with Gasteiger partial charge in [-0.1, -0.05) is 12.1 Å². The highest BCUT2D eigenvalue weighted by molar-refractivity contribution is 5.91. The van der Waals surface area contributed by atoms with Crippen molar-refractivity contribution in [1.29, 1.82) is 0 Å². The van der Waals surface area contributed by atoms with Gasteiger partial charge in [-0.3, -0.25) is 4.68 Å². The highest BCUT2D eigenvalue weighted by Gasteiger charge is 2.29. The molecule has 42 heavy (non-hydrogen) atoms. The number of benzene rings is 1.